The van der Waals surface area contributed by atoms with Crippen LogP contribution >= 0.6 is 27.7 Å². The highest BCUT2D eigenvalue weighted by atomic mass is 79.9. The van der Waals surface area contributed by atoms with Crippen molar-refractivity contribution >= 4 is 33.5 Å². The lowest BCUT2D eigenvalue weighted by Gasteiger charge is -2.41. The highest BCUT2D eigenvalue weighted by Crippen LogP contribution is 2.41. The fourth-order valence-electron chi connectivity index (χ4n) is 3.45. The fourth-order valence-corrected chi connectivity index (χ4v) is 5.08. The normalized spacial score (nSPS) is 24.7. The fraction of sp³-hybridized carbons (Fsp3) is 0.300. The van der Waals surface area contributed by atoms with Crippen molar-refractivity contribution in [1.29, 1.82) is 0 Å². The molecular formula is C20H15BrF3N5O4S. The number of nitrogens with zero attached hydrogens (tertiary/aromatic N) is 5. The molecule has 1 aliphatic rings. The molecule has 9 nitrogen and oxygen atoms in total. The van der Waals surface area contributed by atoms with Crippen molar-refractivity contribution in [2.45, 2.75) is 34.7 Å². The van der Waals surface area contributed by atoms with Gasteiger partial charge in [-0.15, -0.1) is 21.8 Å². The first-order valence-electron chi connectivity index (χ1n) is 9.62. The van der Waals surface area contributed by atoms with E-state index in [0.29, 0.717) is 9.37 Å². The van der Waals surface area contributed by atoms with E-state index in [9.17, 15) is 28.5 Å². The van der Waals surface area contributed by atoms with Crippen molar-refractivity contribution in [1.82, 2.24) is 20.0 Å². The Balaban J connectivity index is 1.66. The van der Waals surface area contributed by atoms with E-state index in [1.807, 2.05) is 0 Å². The summed E-state index contributed by atoms with van der Waals surface area (Å²) in [5.74, 6) is -4.38. The van der Waals surface area contributed by atoms with Gasteiger partial charge in [0, 0.05) is 10.5 Å². The second-order valence-electron chi connectivity index (χ2n) is 7.24. The highest BCUT2D eigenvalue weighted by Gasteiger charge is 2.46. The van der Waals surface area contributed by atoms with Gasteiger partial charge >= 0.3 is 0 Å². The number of thioether (sulfide) groups is 1. The maximum atomic E-state index is 13.6. The molecule has 5 atom stereocenters. The van der Waals surface area contributed by atoms with Crippen molar-refractivity contribution in [3.63, 3.8) is 0 Å². The minimum absolute atomic E-state index is 0.0417. The minimum atomic E-state index is -1.63. The summed E-state index contributed by atoms with van der Waals surface area (Å²) in [7, 11) is 0. The number of pyridine rings is 1. The number of aliphatic hydroxyl groups is 3. The summed E-state index contributed by atoms with van der Waals surface area (Å²) in [5, 5.41) is 39.1. The average molecular weight is 558 g/mol. The molecule has 0 radical (unpaired) electrons. The molecule has 0 saturated carbocycles. The number of halogens is 4. The Morgan fingerprint density at radius 2 is 1.88 bits per heavy atom. The van der Waals surface area contributed by atoms with Gasteiger partial charge in [-0.05, 0) is 34.1 Å². The van der Waals surface area contributed by atoms with Gasteiger partial charge in [0.1, 0.15) is 41.7 Å². The summed E-state index contributed by atoms with van der Waals surface area (Å²) in [6.45, 7) is 6.69. The maximum Gasteiger partial charge on any atom is 0.283 e. The minimum Gasteiger partial charge on any atom is -0.394 e. The monoisotopic (exact) mass is 557 g/mol. The van der Waals surface area contributed by atoms with Crippen molar-refractivity contribution in [3.05, 3.63) is 63.9 Å². The number of rotatable bonds is 5. The molecule has 34 heavy (non-hydrogen) atoms. The molecule has 1 fully saturated rings. The summed E-state index contributed by atoms with van der Waals surface area (Å²) >= 11 is 4.23. The molecule has 178 valence electrons. The molecule has 2 aromatic heterocycles. The van der Waals surface area contributed by atoms with Gasteiger partial charge in [0.15, 0.2) is 17.5 Å². The average Bonchev–Trinajstić information content (AvgIpc) is 3.29. The number of aromatic nitrogens is 4. The van der Waals surface area contributed by atoms with E-state index in [1.165, 1.54) is 12.4 Å². The van der Waals surface area contributed by atoms with Gasteiger partial charge in [0.25, 0.3) is 5.82 Å². The van der Waals surface area contributed by atoms with Gasteiger partial charge in [0.05, 0.1) is 17.3 Å². The van der Waals surface area contributed by atoms with E-state index in [4.69, 9.17) is 11.3 Å². The Labute approximate surface area is 203 Å². The smallest absolute Gasteiger partial charge is 0.283 e. The van der Waals surface area contributed by atoms with E-state index in [2.05, 4.69) is 36.1 Å². The Hall–Kier alpha value is -2.54. The van der Waals surface area contributed by atoms with Gasteiger partial charge in [0.2, 0.25) is 0 Å². The first kappa shape index (κ1) is 24.6. The maximum absolute atomic E-state index is 13.6. The summed E-state index contributed by atoms with van der Waals surface area (Å²) in [4.78, 5) is 7.72. The predicted octanol–water partition coefficient (Wildman–Crippen LogP) is 2.84. The third-order valence-electron chi connectivity index (χ3n) is 5.09. The zero-order valence-electron chi connectivity index (χ0n) is 16.9. The third kappa shape index (κ3) is 4.67. The van der Waals surface area contributed by atoms with Crippen LogP contribution in [-0.4, -0.2) is 65.7 Å². The van der Waals surface area contributed by atoms with Crippen molar-refractivity contribution in [3.8, 4) is 11.3 Å². The first-order valence-corrected chi connectivity index (χ1v) is 11.3. The van der Waals surface area contributed by atoms with E-state index in [0.717, 1.165) is 28.6 Å². The number of benzene rings is 1. The standard InChI is InChI=1S/C20H15BrF3N5O4S/c1-25-19-14(4-9(21)5-26-19)34-20-18(32)16(17(31)13(7-30)33-20)29-6-12(27-28-29)8-2-10(22)15(24)11(23)3-8/h2-6,13,16-18,20,30-32H,7H2/t13?,16-,17-,18?,20+/m0/s1. The molecule has 0 bridgehead atoms. The molecular weight excluding hydrogens is 543 g/mol. The molecule has 3 aromatic rings. The van der Waals surface area contributed by atoms with Gasteiger partial charge in [-0.3, -0.25) is 0 Å². The van der Waals surface area contributed by atoms with Crippen LogP contribution in [0.25, 0.3) is 16.1 Å². The number of hydrogen-bond acceptors (Lipinski definition) is 8. The highest BCUT2D eigenvalue weighted by molar-refractivity contribution is 9.10. The summed E-state index contributed by atoms with van der Waals surface area (Å²) in [6, 6.07) is 1.91. The molecule has 1 saturated heterocycles. The molecule has 3 heterocycles. The number of hydrogen-bond donors (Lipinski definition) is 3. The molecule has 14 heteroatoms. The van der Waals surface area contributed by atoms with Crippen LogP contribution in [0.2, 0.25) is 0 Å². The van der Waals surface area contributed by atoms with Gasteiger partial charge in [-0.25, -0.2) is 17.9 Å². The van der Waals surface area contributed by atoms with Crippen LogP contribution in [-0.2, 0) is 4.74 Å². The second kappa shape index (κ2) is 9.98. The third-order valence-corrected chi connectivity index (χ3v) is 6.70. The Morgan fingerprint density at radius 3 is 2.53 bits per heavy atom. The molecule has 1 aliphatic heterocycles. The van der Waals surface area contributed by atoms with Crippen LogP contribution in [0.1, 0.15) is 6.04 Å². The summed E-state index contributed by atoms with van der Waals surface area (Å²) in [6.07, 6.45) is -1.33. The Morgan fingerprint density at radius 1 is 1.18 bits per heavy atom. The first-order chi connectivity index (χ1) is 16.2. The van der Waals surface area contributed by atoms with Crippen molar-refractivity contribution < 1.29 is 33.2 Å². The Kier molecular flexibility index (Phi) is 7.22. The molecule has 0 amide bonds. The van der Waals surface area contributed by atoms with Crippen LogP contribution in [0.5, 0.6) is 0 Å². The molecule has 2 unspecified atom stereocenters. The lowest BCUT2D eigenvalue weighted by molar-refractivity contribution is -0.178. The van der Waals surface area contributed by atoms with Gasteiger partial charge < -0.3 is 24.9 Å². The second-order valence-corrected chi connectivity index (χ2v) is 9.30. The molecule has 3 N–H and O–H groups in total. The number of ether oxygens (including phenoxy) is 1. The molecule has 0 aliphatic carbocycles. The zero-order valence-corrected chi connectivity index (χ0v) is 19.3. The van der Waals surface area contributed by atoms with Crippen LogP contribution in [0, 0.1) is 24.0 Å². The van der Waals surface area contributed by atoms with E-state index >= 15 is 0 Å². The summed E-state index contributed by atoms with van der Waals surface area (Å²) in [5.41, 5.74) is -1.21. The van der Waals surface area contributed by atoms with Gasteiger partial charge in [-0.2, -0.15) is 0 Å². The number of aliphatic hydroxyl groups excluding tert-OH is 3. The SMILES string of the molecule is [C-]#[N+]c1ncc(Br)cc1S[C@H]1OC(CO)[C@H](O)[C@H](n2cc(-c3cc(F)c(F)c(F)c3)nn2)C1O. The Bertz CT molecular complexity index is 1240. The largest absolute Gasteiger partial charge is 0.394 e. The van der Waals surface area contributed by atoms with E-state index < -0.39 is 53.8 Å². The van der Waals surface area contributed by atoms with Crippen LogP contribution < -0.4 is 0 Å². The van der Waals surface area contributed by atoms with Gasteiger partial charge in [-0.1, -0.05) is 11.8 Å². The molecule has 1 aromatic carbocycles. The van der Waals surface area contributed by atoms with Crippen LogP contribution in [0.3, 0.4) is 0 Å². The van der Waals surface area contributed by atoms with Crippen molar-refractivity contribution in [2.75, 3.05) is 6.61 Å². The summed E-state index contributed by atoms with van der Waals surface area (Å²) < 4.78 is 47.9. The van der Waals surface area contributed by atoms with Crippen molar-refractivity contribution in [2.24, 2.45) is 0 Å². The lowest BCUT2D eigenvalue weighted by atomic mass is 9.97. The predicted molar refractivity (Wildman–Crippen MR) is 116 cm³/mol. The zero-order chi connectivity index (χ0) is 24.6. The van der Waals surface area contributed by atoms with E-state index in [1.54, 1.807) is 6.07 Å². The molecule has 0 spiro atoms. The van der Waals surface area contributed by atoms with Crippen LogP contribution in [0.4, 0.5) is 19.0 Å². The van der Waals surface area contributed by atoms with Crippen LogP contribution in [0.15, 0.2) is 40.0 Å². The molecule has 4 rings (SSSR count). The van der Waals surface area contributed by atoms with E-state index in [-0.39, 0.29) is 17.1 Å². The lowest BCUT2D eigenvalue weighted by Crippen LogP contribution is -2.55. The topological polar surface area (TPSA) is 118 Å². The quantitative estimate of drug-likeness (QED) is 0.324.